The number of hydrogen-bond donors (Lipinski definition) is 3. The van der Waals surface area contributed by atoms with Crippen LogP contribution < -0.4 is 15.2 Å². The number of ether oxygens (including phenoxy) is 2. The first-order chi connectivity index (χ1) is 13.5. The van der Waals surface area contributed by atoms with Gasteiger partial charge in [0.05, 0.1) is 24.3 Å². The Kier molecular flexibility index (Phi) is 4.34. The summed E-state index contributed by atoms with van der Waals surface area (Å²) in [6.07, 6.45) is 0. The number of fused-ring (bicyclic) bond motifs is 1. The third kappa shape index (κ3) is 2.80. The van der Waals surface area contributed by atoms with Crippen LogP contribution in [0.5, 0.6) is 17.4 Å². The molecular formula is C20H15ClN4O3. The Balaban J connectivity index is 1.94. The van der Waals surface area contributed by atoms with E-state index in [1.807, 2.05) is 12.1 Å². The molecule has 28 heavy (non-hydrogen) atoms. The van der Waals surface area contributed by atoms with Gasteiger partial charge in [-0.2, -0.15) is 5.26 Å². The number of H-pyrrole nitrogens is 1. The number of nitriles is 1. The Morgan fingerprint density at radius 2 is 2.04 bits per heavy atom. The minimum absolute atomic E-state index is 0.000824. The van der Waals surface area contributed by atoms with E-state index in [0.29, 0.717) is 27.7 Å². The zero-order chi connectivity index (χ0) is 19.8. The number of rotatable bonds is 3. The van der Waals surface area contributed by atoms with Crippen molar-refractivity contribution in [3.63, 3.8) is 0 Å². The van der Waals surface area contributed by atoms with Crippen LogP contribution in [0.2, 0.25) is 5.02 Å². The molecule has 140 valence electrons. The average Bonchev–Trinajstić information content (AvgIpc) is 3.11. The van der Waals surface area contributed by atoms with Crippen molar-refractivity contribution < 1.29 is 14.6 Å². The second-order valence-electron chi connectivity index (χ2n) is 6.18. The highest BCUT2D eigenvalue weighted by Gasteiger charge is 2.36. The van der Waals surface area contributed by atoms with E-state index in [4.69, 9.17) is 26.8 Å². The third-order valence-corrected chi connectivity index (χ3v) is 4.86. The van der Waals surface area contributed by atoms with Gasteiger partial charge in [-0.3, -0.25) is 5.10 Å². The van der Waals surface area contributed by atoms with Crippen LogP contribution in [-0.2, 0) is 0 Å². The zero-order valence-corrected chi connectivity index (χ0v) is 15.5. The summed E-state index contributed by atoms with van der Waals surface area (Å²) >= 11 is 6.00. The molecule has 8 heteroatoms. The third-order valence-electron chi connectivity index (χ3n) is 4.61. The van der Waals surface area contributed by atoms with Gasteiger partial charge >= 0.3 is 0 Å². The number of hydrogen-bond acceptors (Lipinski definition) is 6. The van der Waals surface area contributed by atoms with E-state index in [-0.39, 0.29) is 23.0 Å². The van der Waals surface area contributed by atoms with Crippen molar-refractivity contribution in [1.82, 2.24) is 10.2 Å². The maximum Gasteiger partial charge on any atom is 0.244 e. The van der Waals surface area contributed by atoms with E-state index in [1.165, 1.54) is 13.2 Å². The lowest BCUT2D eigenvalue weighted by atomic mass is 9.83. The van der Waals surface area contributed by atoms with Gasteiger partial charge in [0.2, 0.25) is 11.8 Å². The van der Waals surface area contributed by atoms with E-state index in [9.17, 15) is 10.4 Å². The number of benzene rings is 2. The minimum atomic E-state index is -0.548. The van der Waals surface area contributed by atoms with Crippen molar-refractivity contribution in [1.29, 1.82) is 5.26 Å². The van der Waals surface area contributed by atoms with Crippen LogP contribution in [0.1, 0.15) is 17.0 Å². The Bertz CT molecular complexity index is 1130. The minimum Gasteiger partial charge on any atom is -0.504 e. The number of aromatic nitrogens is 2. The predicted molar refractivity (Wildman–Crippen MR) is 103 cm³/mol. The molecule has 1 atom stereocenters. The molecule has 3 aromatic rings. The molecule has 2 heterocycles. The Morgan fingerprint density at radius 1 is 1.29 bits per heavy atom. The van der Waals surface area contributed by atoms with Crippen LogP contribution in [0.15, 0.2) is 53.9 Å². The molecule has 7 nitrogen and oxygen atoms in total. The van der Waals surface area contributed by atoms with E-state index in [0.717, 1.165) is 5.56 Å². The van der Waals surface area contributed by atoms with Crippen LogP contribution in [0.4, 0.5) is 0 Å². The van der Waals surface area contributed by atoms with E-state index in [1.54, 1.807) is 24.3 Å². The number of nitrogens with one attached hydrogen (secondary N) is 1. The van der Waals surface area contributed by atoms with Crippen LogP contribution in [0, 0.1) is 11.3 Å². The molecule has 0 saturated heterocycles. The summed E-state index contributed by atoms with van der Waals surface area (Å²) in [5.74, 6) is 0.0180. The van der Waals surface area contributed by atoms with Gasteiger partial charge < -0.3 is 20.3 Å². The first-order valence-corrected chi connectivity index (χ1v) is 8.70. The van der Waals surface area contributed by atoms with Gasteiger partial charge in [-0.1, -0.05) is 29.8 Å². The quantitative estimate of drug-likeness (QED) is 0.624. The topological polar surface area (TPSA) is 117 Å². The number of aromatic amines is 1. The Hall–Kier alpha value is -3.63. The Labute approximate surface area is 165 Å². The largest absolute Gasteiger partial charge is 0.504 e. The van der Waals surface area contributed by atoms with Crippen molar-refractivity contribution in [2.24, 2.45) is 5.73 Å². The normalized spacial score (nSPS) is 15.5. The molecule has 0 bridgehead atoms. The summed E-state index contributed by atoms with van der Waals surface area (Å²) in [5, 5.41) is 27.5. The monoisotopic (exact) mass is 394 g/mol. The number of aromatic hydroxyl groups is 1. The molecule has 1 aliphatic rings. The number of allylic oxidation sites excluding steroid dienone is 1. The van der Waals surface area contributed by atoms with E-state index in [2.05, 4.69) is 16.3 Å². The molecule has 0 fully saturated rings. The first-order valence-electron chi connectivity index (χ1n) is 8.32. The zero-order valence-electron chi connectivity index (χ0n) is 14.7. The van der Waals surface area contributed by atoms with Crippen LogP contribution in [-0.4, -0.2) is 22.4 Å². The van der Waals surface area contributed by atoms with Crippen molar-refractivity contribution in [2.75, 3.05) is 7.11 Å². The summed E-state index contributed by atoms with van der Waals surface area (Å²) in [5.41, 5.74) is 9.11. The molecule has 1 aromatic heterocycles. The van der Waals surface area contributed by atoms with Crippen LogP contribution in [0.3, 0.4) is 0 Å². The highest BCUT2D eigenvalue weighted by Crippen LogP contribution is 2.46. The van der Waals surface area contributed by atoms with E-state index >= 15 is 0 Å². The van der Waals surface area contributed by atoms with Gasteiger partial charge in [-0.25, -0.2) is 0 Å². The van der Waals surface area contributed by atoms with Crippen molar-refractivity contribution in [3.05, 3.63) is 70.1 Å². The molecule has 1 aliphatic heterocycles. The summed E-state index contributed by atoms with van der Waals surface area (Å²) in [6.45, 7) is 0. The number of methoxy groups -OCH3 is 1. The number of halogens is 1. The molecule has 0 saturated carbocycles. The fraction of sp³-hybridized carbons (Fsp3) is 0.100. The van der Waals surface area contributed by atoms with Gasteiger partial charge in [-0.05, 0) is 29.8 Å². The maximum absolute atomic E-state index is 9.94. The lowest BCUT2D eigenvalue weighted by molar-refractivity contribution is 0.371. The SMILES string of the molecule is COc1cc([C@@H]2C(C#N)=C(N)Oc3n[nH]c(-c4ccc(Cl)cc4)c32)ccc1O. The summed E-state index contributed by atoms with van der Waals surface area (Å²) in [7, 11) is 1.46. The average molecular weight is 395 g/mol. The van der Waals surface area contributed by atoms with Crippen molar-refractivity contribution in [2.45, 2.75) is 5.92 Å². The van der Waals surface area contributed by atoms with Crippen LogP contribution >= 0.6 is 11.6 Å². The molecular weight excluding hydrogens is 380 g/mol. The molecule has 4 N–H and O–H groups in total. The summed E-state index contributed by atoms with van der Waals surface area (Å²) in [4.78, 5) is 0. The van der Waals surface area contributed by atoms with Gasteiger partial charge in [0.1, 0.15) is 11.6 Å². The van der Waals surface area contributed by atoms with Crippen molar-refractivity contribution in [3.8, 4) is 34.7 Å². The summed E-state index contributed by atoms with van der Waals surface area (Å²) < 4.78 is 10.8. The standard InChI is InChI=1S/C20H15ClN4O3/c1-27-15-8-11(4-7-14(15)26)16-13(9-22)19(23)28-20-17(16)18(24-25-20)10-2-5-12(21)6-3-10/h2-8,16,26H,23H2,1H3,(H,24,25)/t16-/m1/s1. The summed E-state index contributed by atoms with van der Waals surface area (Å²) in [6, 6.07) is 14.2. The molecule has 0 amide bonds. The smallest absolute Gasteiger partial charge is 0.244 e. The second-order valence-corrected chi connectivity index (χ2v) is 6.62. The number of nitrogens with zero attached hydrogens (tertiary/aromatic N) is 2. The lowest BCUT2D eigenvalue weighted by Crippen LogP contribution is -2.21. The maximum atomic E-state index is 9.94. The highest BCUT2D eigenvalue weighted by molar-refractivity contribution is 6.30. The molecule has 4 rings (SSSR count). The molecule has 2 aromatic carbocycles. The van der Waals surface area contributed by atoms with Crippen LogP contribution in [0.25, 0.3) is 11.3 Å². The van der Waals surface area contributed by atoms with Gasteiger partial charge in [0.25, 0.3) is 0 Å². The lowest BCUT2D eigenvalue weighted by Gasteiger charge is -2.24. The first kappa shape index (κ1) is 17.8. The van der Waals surface area contributed by atoms with Gasteiger partial charge in [0.15, 0.2) is 11.5 Å². The molecule has 0 spiro atoms. The number of phenols is 1. The van der Waals surface area contributed by atoms with E-state index < -0.39 is 5.92 Å². The van der Waals surface area contributed by atoms with Crippen molar-refractivity contribution >= 4 is 11.6 Å². The fourth-order valence-electron chi connectivity index (χ4n) is 3.29. The highest BCUT2D eigenvalue weighted by atomic mass is 35.5. The molecule has 0 aliphatic carbocycles. The second kappa shape index (κ2) is 6.83. The van der Waals surface area contributed by atoms with Gasteiger partial charge in [-0.15, -0.1) is 5.10 Å². The van der Waals surface area contributed by atoms with Gasteiger partial charge in [0, 0.05) is 10.6 Å². The number of phenolic OH excluding ortho intramolecular Hbond substituents is 1. The predicted octanol–water partition coefficient (Wildman–Crippen LogP) is 3.66. The number of nitrogens with two attached hydrogens (primary N) is 1. The molecule has 0 unspecified atom stereocenters. The fourth-order valence-corrected chi connectivity index (χ4v) is 3.41. The Morgan fingerprint density at radius 3 is 2.71 bits per heavy atom. The molecule has 0 radical (unpaired) electrons.